The molecule has 1 N–H and O–H groups in total. The predicted octanol–water partition coefficient (Wildman–Crippen LogP) is 4.17. The first-order chi connectivity index (χ1) is 11.9. The van der Waals surface area contributed by atoms with Crippen molar-refractivity contribution >= 4 is 44.1 Å². The maximum Gasteiger partial charge on any atom is 0.312 e. The minimum Gasteiger partial charge on any atom is -0.406 e. The predicted molar refractivity (Wildman–Crippen MR) is 99.6 cm³/mol. The molecule has 0 fully saturated rings. The lowest BCUT2D eigenvalue weighted by atomic mass is 10.1. The molecule has 134 valence electrons. The van der Waals surface area contributed by atoms with Gasteiger partial charge >= 0.3 is 5.97 Å². The van der Waals surface area contributed by atoms with Crippen LogP contribution in [-0.2, 0) is 14.8 Å². The summed E-state index contributed by atoms with van der Waals surface area (Å²) >= 11 is 6.95. The number of anilines is 1. The number of carbonyl (C=O) groups is 1. The van der Waals surface area contributed by atoms with E-state index in [0.29, 0.717) is 17.0 Å². The van der Waals surface area contributed by atoms with Crippen molar-refractivity contribution in [1.82, 2.24) is 4.98 Å². The molecule has 0 spiro atoms. The van der Waals surface area contributed by atoms with E-state index in [4.69, 9.17) is 16.3 Å². The van der Waals surface area contributed by atoms with Crippen molar-refractivity contribution in [3.05, 3.63) is 52.9 Å². The number of sulfonamides is 1. The number of aromatic nitrogens is 1. The molecule has 25 heavy (non-hydrogen) atoms. The highest BCUT2D eigenvalue weighted by Gasteiger charge is 2.26. The molecule has 1 aromatic carbocycles. The van der Waals surface area contributed by atoms with E-state index in [1.807, 2.05) is 6.92 Å². The third kappa shape index (κ3) is 5.29. The minimum absolute atomic E-state index is 0.0686. The van der Waals surface area contributed by atoms with Gasteiger partial charge in [-0.1, -0.05) is 36.7 Å². The Morgan fingerprint density at radius 3 is 2.92 bits per heavy atom. The summed E-state index contributed by atoms with van der Waals surface area (Å²) in [5.41, 5.74) is 0.487. The highest BCUT2D eigenvalue weighted by Crippen LogP contribution is 2.29. The number of hydrogen-bond donors (Lipinski definition) is 1. The largest absolute Gasteiger partial charge is 0.406 e. The summed E-state index contributed by atoms with van der Waals surface area (Å²) < 4.78 is 32.6. The highest BCUT2D eigenvalue weighted by atomic mass is 35.5. The molecule has 0 bridgehead atoms. The lowest BCUT2D eigenvalue weighted by molar-refractivity contribution is -0.134. The Hall–Kier alpha value is -1.90. The summed E-state index contributed by atoms with van der Waals surface area (Å²) in [6, 6.07) is 6.53. The average molecular weight is 401 g/mol. The number of halogens is 1. The quantitative estimate of drug-likeness (QED) is 0.530. The topological polar surface area (TPSA) is 85.4 Å². The van der Waals surface area contributed by atoms with Crippen molar-refractivity contribution in [2.45, 2.75) is 25.0 Å². The molecule has 0 aliphatic rings. The molecule has 1 unspecified atom stereocenters. The van der Waals surface area contributed by atoms with E-state index in [0.717, 1.165) is 11.3 Å². The second-order valence-electron chi connectivity index (χ2n) is 5.07. The van der Waals surface area contributed by atoms with E-state index in [1.54, 1.807) is 24.3 Å². The molecular weight excluding hydrogens is 384 g/mol. The van der Waals surface area contributed by atoms with Gasteiger partial charge in [0, 0.05) is 11.4 Å². The molecule has 2 aromatic rings. The lowest BCUT2D eigenvalue weighted by Gasteiger charge is -2.14. The SMILES string of the molecule is C=CC(c1cccc(Cl)c1)S(=O)(=O)Nc1nc(OC(=O)CCC)cs1. The molecule has 1 aromatic heterocycles. The molecule has 0 radical (unpaired) electrons. The zero-order valence-electron chi connectivity index (χ0n) is 13.4. The first-order valence-electron chi connectivity index (χ1n) is 7.41. The summed E-state index contributed by atoms with van der Waals surface area (Å²) in [5.74, 6) is -0.343. The van der Waals surface area contributed by atoms with Crippen LogP contribution < -0.4 is 9.46 Å². The van der Waals surface area contributed by atoms with E-state index in [2.05, 4.69) is 16.3 Å². The Balaban J connectivity index is 2.16. The molecule has 6 nitrogen and oxygen atoms in total. The number of ether oxygens (including phenoxy) is 1. The Bertz CT molecular complexity index is 865. The fourth-order valence-electron chi connectivity index (χ4n) is 2.04. The van der Waals surface area contributed by atoms with Gasteiger partial charge in [0.2, 0.25) is 15.9 Å². The number of benzene rings is 1. The van der Waals surface area contributed by atoms with Gasteiger partial charge in [-0.05, 0) is 24.1 Å². The number of nitrogens with one attached hydrogen (secondary N) is 1. The number of rotatable bonds is 8. The first kappa shape index (κ1) is 19.4. The van der Waals surface area contributed by atoms with Gasteiger partial charge < -0.3 is 4.74 Å². The zero-order chi connectivity index (χ0) is 18.4. The second-order valence-corrected chi connectivity index (χ2v) is 8.17. The number of thiazole rings is 1. The monoisotopic (exact) mass is 400 g/mol. The van der Waals surface area contributed by atoms with Crippen LogP contribution in [0.4, 0.5) is 5.13 Å². The highest BCUT2D eigenvalue weighted by molar-refractivity contribution is 7.93. The summed E-state index contributed by atoms with van der Waals surface area (Å²) in [4.78, 5) is 15.4. The van der Waals surface area contributed by atoms with Crippen molar-refractivity contribution in [1.29, 1.82) is 0 Å². The molecule has 2 rings (SSSR count). The average Bonchev–Trinajstić information content (AvgIpc) is 2.94. The zero-order valence-corrected chi connectivity index (χ0v) is 15.8. The van der Waals surface area contributed by atoms with Gasteiger partial charge in [0.1, 0.15) is 5.25 Å². The first-order valence-corrected chi connectivity index (χ1v) is 10.2. The van der Waals surface area contributed by atoms with Gasteiger partial charge in [-0.25, -0.2) is 8.42 Å². The summed E-state index contributed by atoms with van der Waals surface area (Å²) in [5, 5.41) is 1.00. The van der Waals surface area contributed by atoms with Crippen molar-refractivity contribution in [2.75, 3.05) is 4.72 Å². The number of esters is 1. The summed E-state index contributed by atoms with van der Waals surface area (Å²) in [7, 11) is -3.84. The van der Waals surface area contributed by atoms with E-state index in [-0.39, 0.29) is 17.4 Å². The molecule has 0 saturated heterocycles. The summed E-state index contributed by atoms with van der Waals surface area (Å²) in [6.45, 7) is 5.45. The van der Waals surface area contributed by atoms with Gasteiger partial charge in [0.25, 0.3) is 0 Å². The van der Waals surface area contributed by atoms with Crippen LogP contribution in [0, 0.1) is 0 Å². The normalized spacial score (nSPS) is 12.4. The molecular formula is C16H17ClN2O4S2. The third-order valence-electron chi connectivity index (χ3n) is 3.11. The van der Waals surface area contributed by atoms with Crippen molar-refractivity contribution < 1.29 is 17.9 Å². The smallest absolute Gasteiger partial charge is 0.312 e. The van der Waals surface area contributed by atoms with Crippen LogP contribution in [-0.4, -0.2) is 19.4 Å². The van der Waals surface area contributed by atoms with Crippen LogP contribution in [0.25, 0.3) is 0 Å². The van der Waals surface area contributed by atoms with Crippen LogP contribution in [0.1, 0.15) is 30.6 Å². The van der Waals surface area contributed by atoms with Crippen LogP contribution in [0.5, 0.6) is 5.88 Å². The van der Waals surface area contributed by atoms with Gasteiger partial charge in [-0.2, -0.15) is 4.98 Å². The van der Waals surface area contributed by atoms with E-state index < -0.39 is 21.2 Å². The fraction of sp³-hybridized carbons (Fsp3) is 0.250. The van der Waals surface area contributed by atoms with E-state index in [9.17, 15) is 13.2 Å². The summed E-state index contributed by atoms with van der Waals surface area (Å²) in [6.07, 6.45) is 2.23. The van der Waals surface area contributed by atoms with Crippen LogP contribution >= 0.6 is 22.9 Å². The van der Waals surface area contributed by atoms with Crippen molar-refractivity contribution in [3.8, 4) is 5.88 Å². The van der Waals surface area contributed by atoms with Gasteiger partial charge in [-0.15, -0.1) is 17.9 Å². The fourth-order valence-corrected chi connectivity index (χ4v) is 4.41. The second kappa shape index (κ2) is 8.46. The van der Waals surface area contributed by atoms with Crippen molar-refractivity contribution in [3.63, 3.8) is 0 Å². The molecule has 9 heteroatoms. The lowest BCUT2D eigenvalue weighted by Crippen LogP contribution is -2.20. The van der Waals surface area contributed by atoms with E-state index in [1.165, 1.54) is 11.5 Å². The molecule has 1 atom stereocenters. The Morgan fingerprint density at radius 2 is 2.28 bits per heavy atom. The third-order valence-corrected chi connectivity index (χ3v) is 5.82. The molecule has 0 aliphatic heterocycles. The van der Waals surface area contributed by atoms with Crippen LogP contribution in [0.2, 0.25) is 5.02 Å². The number of carbonyl (C=O) groups excluding carboxylic acids is 1. The molecule has 0 aliphatic carbocycles. The molecule has 1 heterocycles. The van der Waals surface area contributed by atoms with Gasteiger partial charge in [-0.3, -0.25) is 9.52 Å². The maximum atomic E-state index is 12.6. The Labute approximate surface area is 155 Å². The standard InChI is InChI=1S/C16H17ClN2O4S2/c1-3-6-15(20)23-14-10-24-16(18-14)19-25(21,22)13(4-2)11-7-5-8-12(17)9-11/h4-5,7-10,13H,2-3,6H2,1H3,(H,18,19). The maximum absolute atomic E-state index is 12.6. The van der Waals surface area contributed by atoms with Crippen molar-refractivity contribution in [2.24, 2.45) is 0 Å². The van der Waals surface area contributed by atoms with Gasteiger partial charge in [0.05, 0.1) is 5.38 Å². The number of hydrogen-bond acceptors (Lipinski definition) is 6. The minimum atomic E-state index is -3.84. The van der Waals surface area contributed by atoms with Crippen LogP contribution in [0.3, 0.4) is 0 Å². The van der Waals surface area contributed by atoms with Crippen LogP contribution in [0.15, 0.2) is 42.3 Å². The van der Waals surface area contributed by atoms with Gasteiger partial charge in [0.15, 0.2) is 5.13 Å². The number of nitrogens with zero attached hydrogens (tertiary/aromatic N) is 1. The Kier molecular flexibility index (Phi) is 6.57. The van der Waals surface area contributed by atoms with E-state index >= 15 is 0 Å². The molecule has 0 amide bonds. The Morgan fingerprint density at radius 1 is 1.52 bits per heavy atom. The molecule has 0 saturated carbocycles.